The normalized spacial score (nSPS) is 17.9. The summed E-state index contributed by atoms with van der Waals surface area (Å²) in [7, 11) is 0. The highest BCUT2D eigenvalue weighted by molar-refractivity contribution is 9.10. The molecule has 1 aromatic rings. The summed E-state index contributed by atoms with van der Waals surface area (Å²) in [5.74, 6) is 0. The second-order valence-electron chi connectivity index (χ2n) is 6.81. The van der Waals surface area contributed by atoms with Crippen molar-refractivity contribution in [3.05, 3.63) is 34.3 Å². The van der Waals surface area contributed by atoms with Gasteiger partial charge in [-0.25, -0.2) is 4.79 Å². The highest BCUT2D eigenvalue weighted by Gasteiger charge is 2.29. The average molecular weight is 384 g/mol. The lowest BCUT2D eigenvalue weighted by atomic mass is 10.0. The Balaban J connectivity index is 1.96. The zero-order chi connectivity index (χ0) is 17.0. The first-order chi connectivity index (χ1) is 10.8. The summed E-state index contributed by atoms with van der Waals surface area (Å²) in [6.07, 6.45) is -0.232. The molecule has 1 unspecified atom stereocenters. The minimum atomic E-state index is -0.454. The van der Waals surface area contributed by atoms with E-state index in [0.717, 1.165) is 17.6 Å². The maximum atomic E-state index is 12.1. The number of rotatable bonds is 3. The van der Waals surface area contributed by atoms with Crippen LogP contribution in [0.15, 0.2) is 28.7 Å². The Morgan fingerprint density at radius 1 is 1.30 bits per heavy atom. The van der Waals surface area contributed by atoms with Crippen LogP contribution in [0.25, 0.3) is 0 Å². The van der Waals surface area contributed by atoms with Crippen molar-refractivity contribution < 1.29 is 9.53 Å². The number of piperazine rings is 1. The lowest BCUT2D eigenvalue weighted by molar-refractivity contribution is 0.0106. The standard InChI is InChI=1S/C17H26BrN3O2/c1-17(2,3)23-16(22)21-9-7-20(8-10-21)15(12-19)13-5-4-6-14(18)11-13/h4-6,11,15H,7-10,12,19H2,1-3H3. The Morgan fingerprint density at radius 3 is 2.48 bits per heavy atom. The molecular weight excluding hydrogens is 358 g/mol. The zero-order valence-electron chi connectivity index (χ0n) is 14.1. The zero-order valence-corrected chi connectivity index (χ0v) is 15.7. The SMILES string of the molecule is CC(C)(C)OC(=O)N1CCN(C(CN)c2cccc(Br)c2)CC1. The van der Waals surface area contributed by atoms with Crippen molar-refractivity contribution in [1.82, 2.24) is 9.80 Å². The maximum Gasteiger partial charge on any atom is 0.410 e. The van der Waals surface area contributed by atoms with Gasteiger partial charge in [-0.1, -0.05) is 28.1 Å². The Kier molecular flexibility index (Phi) is 6.06. The quantitative estimate of drug-likeness (QED) is 0.871. The van der Waals surface area contributed by atoms with Crippen LogP contribution in [0.2, 0.25) is 0 Å². The van der Waals surface area contributed by atoms with Crippen LogP contribution in [0.4, 0.5) is 4.79 Å². The van der Waals surface area contributed by atoms with Gasteiger partial charge in [0, 0.05) is 43.2 Å². The van der Waals surface area contributed by atoms with Gasteiger partial charge in [-0.15, -0.1) is 0 Å². The monoisotopic (exact) mass is 383 g/mol. The smallest absolute Gasteiger partial charge is 0.410 e. The fourth-order valence-corrected chi connectivity index (χ4v) is 3.17. The summed E-state index contributed by atoms with van der Waals surface area (Å²) < 4.78 is 6.49. The highest BCUT2D eigenvalue weighted by atomic mass is 79.9. The number of halogens is 1. The number of hydrogen-bond donors (Lipinski definition) is 1. The molecule has 1 aliphatic rings. The molecule has 6 heteroatoms. The van der Waals surface area contributed by atoms with Crippen molar-refractivity contribution in [2.45, 2.75) is 32.4 Å². The van der Waals surface area contributed by atoms with E-state index in [1.807, 2.05) is 32.9 Å². The molecular formula is C17H26BrN3O2. The van der Waals surface area contributed by atoms with Gasteiger partial charge in [-0.05, 0) is 38.5 Å². The number of carbonyl (C=O) groups excluding carboxylic acids is 1. The molecule has 0 saturated carbocycles. The lowest BCUT2D eigenvalue weighted by Gasteiger charge is -2.39. The topological polar surface area (TPSA) is 58.8 Å². The molecule has 23 heavy (non-hydrogen) atoms. The van der Waals surface area contributed by atoms with Crippen molar-refractivity contribution in [1.29, 1.82) is 0 Å². The predicted molar refractivity (Wildman–Crippen MR) is 95.3 cm³/mol. The molecule has 1 aromatic carbocycles. The van der Waals surface area contributed by atoms with Gasteiger partial charge in [-0.2, -0.15) is 0 Å². The van der Waals surface area contributed by atoms with Crippen molar-refractivity contribution in [2.24, 2.45) is 5.73 Å². The van der Waals surface area contributed by atoms with Crippen molar-refractivity contribution in [2.75, 3.05) is 32.7 Å². The van der Waals surface area contributed by atoms with Gasteiger partial charge in [0.25, 0.3) is 0 Å². The summed E-state index contributed by atoms with van der Waals surface area (Å²) in [5.41, 5.74) is 6.75. The molecule has 2 rings (SSSR count). The van der Waals surface area contributed by atoms with E-state index < -0.39 is 5.60 Å². The second kappa shape index (κ2) is 7.64. The molecule has 0 spiro atoms. The van der Waals surface area contributed by atoms with Crippen molar-refractivity contribution in [3.63, 3.8) is 0 Å². The summed E-state index contributed by atoms with van der Waals surface area (Å²) >= 11 is 3.51. The fraction of sp³-hybridized carbons (Fsp3) is 0.588. The summed E-state index contributed by atoms with van der Waals surface area (Å²) in [4.78, 5) is 16.2. The minimum absolute atomic E-state index is 0.174. The van der Waals surface area contributed by atoms with Gasteiger partial charge in [0.1, 0.15) is 5.60 Å². The Labute approximate surface area is 146 Å². The first kappa shape index (κ1) is 18.2. The van der Waals surface area contributed by atoms with Crippen LogP contribution in [0.3, 0.4) is 0 Å². The van der Waals surface area contributed by atoms with Crippen LogP contribution < -0.4 is 5.73 Å². The molecule has 2 N–H and O–H groups in total. The molecule has 5 nitrogen and oxygen atoms in total. The van der Waals surface area contributed by atoms with E-state index in [4.69, 9.17) is 10.5 Å². The van der Waals surface area contributed by atoms with Crippen LogP contribution in [0.1, 0.15) is 32.4 Å². The molecule has 0 aromatic heterocycles. The van der Waals surface area contributed by atoms with E-state index in [9.17, 15) is 4.79 Å². The number of nitrogens with zero attached hydrogens (tertiary/aromatic N) is 2. The molecule has 1 fully saturated rings. The average Bonchev–Trinajstić information content (AvgIpc) is 2.47. The van der Waals surface area contributed by atoms with E-state index in [1.165, 1.54) is 5.56 Å². The first-order valence-corrected chi connectivity index (χ1v) is 8.77. The highest BCUT2D eigenvalue weighted by Crippen LogP contribution is 2.24. The number of ether oxygens (including phenoxy) is 1. The van der Waals surface area contributed by atoms with Crippen molar-refractivity contribution >= 4 is 22.0 Å². The molecule has 1 aliphatic heterocycles. The summed E-state index contributed by atoms with van der Waals surface area (Å²) in [6.45, 7) is 9.15. The molecule has 1 heterocycles. The molecule has 128 valence electrons. The van der Waals surface area contributed by atoms with Gasteiger partial charge in [0.15, 0.2) is 0 Å². The van der Waals surface area contributed by atoms with Crippen LogP contribution in [0, 0.1) is 0 Å². The number of benzene rings is 1. The van der Waals surface area contributed by atoms with Crippen LogP contribution >= 0.6 is 15.9 Å². The number of amides is 1. The van der Waals surface area contributed by atoms with E-state index in [-0.39, 0.29) is 12.1 Å². The van der Waals surface area contributed by atoms with E-state index in [0.29, 0.717) is 19.6 Å². The van der Waals surface area contributed by atoms with Gasteiger partial charge in [-0.3, -0.25) is 4.90 Å². The van der Waals surface area contributed by atoms with Gasteiger partial charge in [0.2, 0.25) is 0 Å². The predicted octanol–water partition coefficient (Wildman–Crippen LogP) is 3.00. The second-order valence-corrected chi connectivity index (χ2v) is 7.73. The first-order valence-electron chi connectivity index (χ1n) is 7.97. The van der Waals surface area contributed by atoms with Crippen LogP contribution in [0.5, 0.6) is 0 Å². The van der Waals surface area contributed by atoms with Crippen LogP contribution in [-0.4, -0.2) is 54.2 Å². The van der Waals surface area contributed by atoms with E-state index >= 15 is 0 Å². The van der Waals surface area contributed by atoms with Crippen LogP contribution in [-0.2, 0) is 4.74 Å². The fourth-order valence-electron chi connectivity index (χ4n) is 2.75. The van der Waals surface area contributed by atoms with Crippen molar-refractivity contribution in [3.8, 4) is 0 Å². The van der Waals surface area contributed by atoms with Gasteiger partial charge in [0.05, 0.1) is 0 Å². The minimum Gasteiger partial charge on any atom is -0.444 e. The molecule has 1 saturated heterocycles. The third-order valence-electron chi connectivity index (χ3n) is 3.86. The Hall–Kier alpha value is -1.11. The third-order valence-corrected chi connectivity index (χ3v) is 4.36. The van der Waals surface area contributed by atoms with Gasteiger partial charge >= 0.3 is 6.09 Å². The molecule has 1 amide bonds. The number of carbonyl (C=O) groups is 1. The number of nitrogens with two attached hydrogens (primary N) is 1. The Bertz CT molecular complexity index is 537. The van der Waals surface area contributed by atoms with E-state index in [1.54, 1.807) is 4.90 Å². The molecule has 1 atom stereocenters. The van der Waals surface area contributed by atoms with Gasteiger partial charge < -0.3 is 15.4 Å². The molecule has 0 radical (unpaired) electrons. The molecule has 0 aliphatic carbocycles. The largest absolute Gasteiger partial charge is 0.444 e. The van der Waals surface area contributed by atoms with E-state index in [2.05, 4.69) is 33.0 Å². The molecule has 0 bridgehead atoms. The summed E-state index contributed by atoms with van der Waals surface area (Å²) in [5, 5.41) is 0. The Morgan fingerprint density at radius 2 is 1.96 bits per heavy atom. The lowest BCUT2D eigenvalue weighted by Crippen LogP contribution is -2.51. The maximum absolute atomic E-state index is 12.1. The number of hydrogen-bond acceptors (Lipinski definition) is 4. The summed E-state index contributed by atoms with van der Waals surface area (Å²) in [6, 6.07) is 8.42. The third kappa shape index (κ3) is 5.19.